The molecule has 0 radical (unpaired) electrons. The molecule has 1 aromatic rings. The number of hydrogen-bond acceptors (Lipinski definition) is 3. The van der Waals surface area contributed by atoms with Gasteiger partial charge in [0.2, 0.25) is 0 Å². The molecule has 1 saturated carbocycles. The average Bonchev–Trinajstić information content (AvgIpc) is 2.64. The SMILES string of the molecule is CCCCCCC(C)(C)c1cc(O)c2c(c1)OC(C)(C)C1CCC(N=[N+]=[N-])CC21. The molecule has 0 saturated heterocycles. The predicted molar refractivity (Wildman–Crippen MR) is 118 cm³/mol. The van der Waals surface area contributed by atoms with E-state index in [-0.39, 0.29) is 23.0 Å². The monoisotopic (exact) mass is 399 g/mol. The number of aromatic hydroxyl groups is 1. The summed E-state index contributed by atoms with van der Waals surface area (Å²) in [5.41, 5.74) is 10.6. The van der Waals surface area contributed by atoms with Crippen molar-refractivity contribution in [3.05, 3.63) is 33.7 Å². The average molecular weight is 400 g/mol. The summed E-state index contributed by atoms with van der Waals surface area (Å²) in [4.78, 5) is 3.03. The maximum Gasteiger partial charge on any atom is 0.127 e. The second-order valence-electron chi connectivity index (χ2n) is 10.2. The van der Waals surface area contributed by atoms with Crippen LogP contribution in [0.3, 0.4) is 0 Å². The smallest absolute Gasteiger partial charge is 0.127 e. The fourth-order valence-electron chi connectivity index (χ4n) is 5.43. The van der Waals surface area contributed by atoms with Gasteiger partial charge < -0.3 is 9.84 Å². The maximum atomic E-state index is 11.1. The number of unbranched alkanes of at least 4 members (excludes halogenated alkanes) is 3. The number of hydrogen-bond donors (Lipinski definition) is 1. The molecule has 5 heteroatoms. The molecule has 160 valence electrons. The molecule has 2 aliphatic rings. The molecule has 0 spiro atoms. The first-order valence-electron chi connectivity index (χ1n) is 11.3. The zero-order valence-corrected chi connectivity index (χ0v) is 18.7. The van der Waals surface area contributed by atoms with E-state index in [1.807, 2.05) is 6.07 Å². The van der Waals surface area contributed by atoms with Gasteiger partial charge in [-0.2, -0.15) is 0 Å². The van der Waals surface area contributed by atoms with E-state index in [2.05, 4.69) is 50.7 Å². The van der Waals surface area contributed by atoms with Gasteiger partial charge in [-0.1, -0.05) is 51.6 Å². The molecular formula is C24H37N3O2. The van der Waals surface area contributed by atoms with Crippen LogP contribution in [0.5, 0.6) is 11.5 Å². The lowest BCUT2D eigenvalue weighted by molar-refractivity contribution is -0.00995. The van der Waals surface area contributed by atoms with Gasteiger partial charge in [-0.05, 0) is 74.1 Å². The van der Waals surface area contributed by atoms with Gasteiger partial charge in [-0.15, -0.1) is 0 Å². The molecule has 1 aliphatic heterocycles. The van der Waals surface area contributed by atoms with Crippen LogP contribution in [0.25, 0.3) is 10.4 Å². The van der Waals surface area contributed by atoms with Gasteiger partial charge in [0, 0.05) is 22.4 Å². The van der Waals surface area contributed by atoms with E-state index in [1.165, 1.54) is 25.7 Å². The fourth-order valence-corrected chi connectivity index (χ4v) is 5.43. The van der Waals surface area contributed by atoms with Crippen LogP contribution < -0.4 is 4.74 Å². The number of nitrogens with zero attached hydrogens (tertiary/aromatic N) is 3. The zero-order chi connectivity index (χ0) is 21.2. The van der Waals surface area contributed by atoms with Crippen LogP contribution in [-0.2, 0) is 5.41 Å². The molecule has 0 amide bonds. The number of phenolic OH excluding ortho intramolecular Hbond substituents is 1. The molecule has 29 heavy (non-hydrogen) atoms. The fraction of sp³-hybridized carbons (Fsp3) is 0.750. The third kappa shape index (κ3) is 4.50. The molecule has 3 unspecified atom stereocenters. The number of benzene rings is 1. The van der Waals surface area contributed by atoms with E-state index in [1.54, 1.807) is 0 Å². The normalized spacial score (nSPS) is 25.3. The van der Waals surface area contributed by atoms with Gasteiger partial charge in [0.05, 0.1) is 0 Å². The number of fused-ring (bicyclic) bond motifs is 3. The van der Waals surface area contributed by atoms with E-state index in [0.717, 1.165) is 42.6 Å². The van der Waals surface area contributed by atoms with E-state index >= 15 is 0 Å². The molecule has 5 nitrogen and oxygen atoms in total. The Morgan fingerprint density at radius 2 is 2.00 bits per heavy atom. The van der Waals surface area contributed by atoms with Crippen LogP contribution in [0.4, 0.5) is 0 Å². The Kier molecular flexibility index (Phi) is 6.38. The lowest BCUT2D eigenvalue weighted by Crippen LogP contribution is -2.47. The summed E-state index contributed by atoms with van der Waals surface area (Å²) in [6.07, 6.45) is 8.68. The number of azide groups is 1. The summed E-state index contributed by atoms with van der Waals surface area (Å²) in [6, 6.07) is 4.11. The van der Waals surface area contributed by atoms with Gasteiger partial charge in [0.1, 0.15) is 17.1 Å². The van der Waals surface area contributed by atoms with E-state index < -0.39 is 0 Å². The van der Waals surface area contributed by atoms with Gasteiger partial charge in [-0.3, -0.25) is 0 Å². The van der Waals surface area contributed by atoms with E-state index in [9.17, 15) is 5.11 Å². The third-order valence-corrected chi connectivity index (χ3v) is 7.23. The van der Waals surface area contributed by atoms with Crippen LogP contribution in [0.2, 0.25) is 0 Å². The van der Waals surface area contributed by atoms with Crippen LogP contribution in [-0.4, -0.2) is 16.7 Å². The van der Waals surface area contributed by atoms with Crippen molar-refractivity contribution in [3.63, 3.8) is 0 Å². The van der Waals surface area contributed by atoms with Gasteiger partial charge in [0.15, 0.2) is 0 Å². The highest BCUT2D eigenvalue weighted by Gasteiger charge is 2.47. The largest absolute Gasteiger partial charge is 0.508 e. The van der Waals surface area contributed by atoms with Crippen LogP contribution in [0.15, 0.2) is 17.2 Å². The molecule has 1 aliphatic carbocycles. The lowest BCUT2D eigenvalue weighted by atomic mass is 9.65. The van der Waals surface area contributed by atoms with Crippen molar-refractivity contribution >= 4 is 0 Å². The lowest BCUT2D eigenvalue weighted by Gasteiger charge is -2.49. The first-order chi connectivity index (χ1) is 13.7. The Labute approximate surface area is 175 Å². The van der Waals surface area contributed by atoms with Crippen LogP contribution >= 0.6 is 0 Å². The summed E-state index contributed by atoms with van der Waals surface area (Å²) in [5, 5.41) is 15.0. The second-order valence-corrected chi connectivity index (χ2v) is 10.2. The van der Waals surface area contributed by atoms with Crippen molar-refractivity contribution in [2.45, 2.75) is 109 Å². The molecule has 0 aromatic heterocycles. The molecule has 0 bridgehead atoms. The number of phenols is 1. The van der Waals surface area contributed by atoms with Crippen molar-refractivity contribution in [1.82, 2.24) is 0 Å². The van der Waals surface area contributed by atoms with Crippen molar-refractivity contribution < 1.29 is 9.84 Å². The van der Waals surface area contributed by atoms with E-state index in [4.69, 9.17) is 10.3 Å². The molecule has 1 fully saturated rings. The third-order valence-electron chi connectivity index (χ3n) is 7.23. The molecular weight excluding hydrogens is 362 g/mol. The highest BCUT2D eigenvalue weighted by molar-refractivity contribution is 5.53. The topological polar surface area (TPSA) is 78.2 Å². The first kappa shape index (κ1) is 21.8. The highest BCUT2D eigenvalue weighted by atomic mass is 16.5. The van der Waals surface area contributed by atoms with Crippen molar-refractivity contribution in [2.75, 3.05) is 0 Å². The Morgan fingerprint density at radius 3 is 2.69 bits per heavy atom. The minimum atomic E-state index is -0.296. The number of ether oxygens (including phenoxy) is 1. The maximum absolute atomic E-state index is 11.1. The Balaban J connectivity index is 1.93. The molecule has 3 rings (SSSR count). The standard InChI is InChI=1S/C24H37N3O2/c1-6-7-8-9-12-23(2,3)16-13-20(28)22-18-15-17(26-27-25)10-11-19(18)24(4,5)29-21(22)14-16/h13-14,17-19,28H,6-12,15H2,1-5H3. The van der Waals surface area contributed by atoms with Crippen LogP contribution in [0.1, 0.15) is 103 Å². The van der Waals surface area contributed by atoms with E-state index in [0.29, 0.717) is 11.7 Å². The summed E-state index contributed by atoms with van der Waals surface area (Å²) >= 11 is 0. The quantitative estimate of drug-likeness (QED) is 0.225. The summed E-state index contributed by atoms with van der Waals surface area (Å²) in [6.45, 7) is 11.1. The highest BCUT2D eigenvalue weighted by Crippen LogP contribution is 2.55. The van der Waals surface area contributed by atoms with Gasteiger partial charge in [0.25, 0.3) is 0 Å². The number of rotatable bonds is 7. The van der Waals surface area contributed by atoms with Crippen LogP contribution in [0, 0.1) is 5.92 Å². The Hall–Kier alpha value is -1.87. The Bertz CT molecular complexity index is 781. The van der Waals surface area contributed by atoms with Gasteiger partial charge in [-0.25, -0.2) is 0 Å². The molecule has 1 heterocycles. The van der Waals surface area contributed by atoms with Crippen molar-refractivity contribution in [1.29, 1.82) is 0 Å². The second kappa shape index (κ2) is 8.47. The summed E-state index contributed by atoms with van der Waals surface area (Å²) < 4.78 is 6.48. The minimum Gasteiger partial charge on any atom is -0.508 e. The van der Waals surface area contributed by atoms with Crippen molar-refractivity contribution in [3.8, 4) is 11.5 Å². The molecule has 1 aromatic carbocycles. The Morgan fingerprint density at radius 1 is 1.24 bits per heavy atom. The van der Waals surface area contributed by atoms with Crippen molar-refractivity contribution in [2.24, 2.45) is 11.0 Å². The molecule has 1 N–H and O–H groups in total. The summed E-state index contributed by atoms with van der Waals surface area (Å²) in [5.74, 6) is 1.64. The predicted octanol–water partition coefficient (Wildman–Crippen LogP) is 7.37. The zero-order valence-electron chi connectivity index (χ0n) is 18.7. The summed E-state index contributed by atoms with van der Waals surface area (Å²) in [7, 11) is 0. The van der Waals surface area contributed by atoms with Gasteiger partial charge >= 0.3 is 0 Å². The molecule has 3 atom stereocenters. The minimum absolute atomic E-state index is 0.00270. The first-order valence-corrected chi connectivity index (χ1v) is 11.3.